The Bertz CT molecular complexity index is 1950. The van der Waals surface area contributed by atoms with Crippen molar-refractivity contribution in [3.8, 4) is 0 Å². The van der Waals surface area contributed by atoms with Crippen molar-refractivity contribution >= 4 is 32.6 Å². The lowest BCUT2D eigenvalue weighted by atomic mass is 9.80. The quantitative estimate of drug-likeness (QED) is 0.187. The molecule has 6 rings (SSSR count). The molecule has 0 unspecified atom stereocenters. The van der Waals surface area contributed by atoms with Gasteiger partial charge < -0.3 is 18.9 Å². The second kappa shape index (κ2) is 24.3. The Hall–Kier alpha value is -3.36. The number of rotatable bonds is 16. The van der Waals surface area contributed by atoms with Gasteiger partial charge in [-0.15, -0.1) is 0 Å². The van der Waals surface area contributed by atoms with E-state index in [0.717, 1.165) is 72.8 Å². The molecule has 4 fully saturated rings. The number of carbonyl (C=O) groups excluding carboxylic acids is 2. The van der Waals surface area contributed by atoms with Gasteiger partial charge in [-0.2, -0.15) is 34.9 Å². The predicted octanol–water partition coefficient (Wildman–Crippen LogP) is 6.57. The summed E-state index contributed by atoms with van der Waals surface area (Å²) in [7, 11) is 1.37. The summed E-state index contributed by atoms with van der Waals surface area (Å²) in [4.78, 5) is 28.1. The Kier molecular flexibility index (Phi) is 19.7. The second-order valence-corrected chi connectivity index (χ2v) is 22.6. The Morgan fingerprint density at radius 2 is 0.924 bits per heavy atom. The number of carbonyl (C=O) groups is 2. The summed E-state index contributed by atoms with van der Waals surface area (Å²) in [6, 6.07) is 15.4. The van der Waals surface area contributed by atoms with E-state index in [2.05, 4.69) is 71.8 Å². The third-order valence-electron chi connectivity index (χ3n) is 14.2. The summed E-state index contributed by atoms with van der Waals surface area (Å²) in [5.74, 6) is 1.11. The molecule has 0 radical (unpaired) electrons. The number of nitrogens with one attached hydrogen (secondary N) is 2. The summed E-state index contributed by atoms with van der Waals surface area (Å²) in [5, 5.41) is 0. The van der Waals surface area contributed by atoms with E-state index in [4.69, 9.17) is 18.9 Å². The molecule has 4 aliphatic rings. The topological polar surface area (TPSA) is 176 Å². The molecule has 2 amide bonds. The average Bonchev–Trinajstić information content (AvgIpc) is 3.79. The summed E-state index contributed by atoms with van der Waals surface area (Å²) in [6.45, 7) is 8.77. The molecule has 0 spiro atoms. The van der Waals surface area contributed by atoms with Gasteiger partial charge in [0.25, 0.3) is 20.4 Å². The van der Waals surface area contributed by atoms with E-state index < -0.39 is 56.8 Å². The number of hydrogen-bond acceptors (Lipinski definition) is 10. The fourth-order valence-corrected chi connectivity index (χ4v) is 12.2. The molecule has 372 valence electrons. The number of amides is 2. The van der Waals surface area contributed by atoms with E-state index in [0.29, 0.717) is 24.7 Å². The van der Waals surface area contributed by atoms with Crippen LogP contribution in [0.3, 0.4) is 0 Å². The van der Waals surface area contributed by atoms with Gasteiger partial charge in [-0.3, -0.25) is 9.80 Å². The molecule has 2 N–H and O–H groups in total. The fourth-order valence-electron chi connectivity index (χ4n) is 10.5. The van der Waals surface area contributed by atoms with Crippen LogP contribution in [-0.2, 0) is 52.2 Å². The summed E-state index contributed by atoms with van der Waals surface area (Å²) >= 11 is 0. The molecule has 2 heterocycles. The number of methoxy groups -OCH3 is 2. The zero-order chi connectivity index (χ0) is 48.3. The van der Waals surface area contributed by atoms with Crippen LogP contribution < -0.4 is 9.44 Å². The van der Waals surface area contributed by atoms with E-state index in [1.54, 1.807) is 9.80 Å². The van der Waals surface area contributed by atoms with Gasteiger partial charge in [-0.25, -0.2) is 9.59 Å². The first-order valence-corrected chi connectivity index (χ1v) is 26.7. The average molecular weight is 963 g/mol. The third kappa shape index (κ3) is 13.4. The van der Waals surface area contributed by atoms with Gasteiger partial charge in [0.15, 0.2) is 0 Å². The Morgan fingerprint density at radius 3 is 1.23 bits per heavy atom. The maximum atomic E-state index is 12.5. The Labute approximate surface area is 395 Å². The standard InChI is InChI=1S/2C24H39N3O5S/c2*1-6-18-9-7-8-10-21(18)19-11-13-20(14-12-19)32-16-23-22(25-33(29,30)26(3)4)15-17(2)27(23)24(28)31-5/h2*7-10,17,19-20,22-23,25H,6,11-16H2,1-5H3/t2*17-,19?,20?,22+,23+/m11/s1. The maximum Gasteiger partial charge on any atom is 0.410 e. The smallest absolute Gasteiger partial charge is 0.410 e. The zero-order valence-electron chi connectivity index (χ0n) is 41.0. The van der Waals surface area contributed by atoms with Crippen molar-refractivity contribution in [2.24, 2.45) is 0 Å². The molecule has 2 aliphatic heterocycles. The molecular weight excluding hydrogens is 885 g/mol. The molecule has 2 saturated heterocycles. The number of likely N-dealkylation sites (tertiary alicyclic amines) is 2. The lowest BCUT2D eigenvalue weighted by molar-refractivity contribution is -0.00868. The van der Waals surface area contributed by atoms with Crippen LogP contribution in [0.15, 0.2) is 48.5 Å². The lowest BCUT2D eigenvalue weighted by Gasteiger charge is -2.33. The van der Waals surface area contributed by atoms with Crippen molar-refractivity contribution in [2.45, 2.75) is 165 Å². The van der Waals surface area contributed by atoms with Crippen molar-refractivity contribution in [2.75, 3.05) is 55.6 Å². The highest BCUT2D eigenvalue weighted by molar-refractivity contribution is 7.87. The van der Waals surface area contributed by atoms with Gasteiger partial charge in [0.05, 0.1) is 51.7 Å². The van der Waals surface area contributed by atoms with Crippen molar-refractivity contribution in [3.05, 3.63) is 70.8 Å². The monoisotopic (exact) mass is 963 g/mol. The van der Waals surface area contributed by atoms with Gasteiger partial charge >= 0.3 is 12.2 Å². The highest BCUT2D eigenvalue weighted by atomic mass is 32.2. The van der Waals surface area contributed by atoms with Crippen LogP contribution in [0.4, 0.5) is 9.59 Å². The van der Waals surface area contributed by atoms with Gasteiger partial charge in [0.1, 0.15) is 0 Å². The molecule has 6 atom stereocenters. The molecule has 0 bridgehead atoms. The molecule has 66 heavy (non-hydrogen) atoms. The number of ether oxygens (including phenoxy) is 4. The first-order chi connectivity index (χ1) is 31.3. The highest BCUT2D eigenvalue weighted by Gasteiger charge is 2.46. The Balaban J connectivity index is 0.000000247. The highest BCUT2D eigenvalue weighted by Crippen LogP contribution is 2.38. The zero-order valence-corrected chi connectivity index (χ0v) is 42.6. The van der Waals surface area contributed by atoms with E-state index >= 15 is 0 Å². The van der Waals surface area contributed by atoms with Crippen LogP contribution in [0.5, 0.6) is 0 Å². The van der Waals surface area contributed by atoms with E-state index in [1.165, 1.54) is 64.7 Å². The number of benzene rings is 2. The minimum atomic E-state index is -3.63. The minimum absolute atomic E-state index is 0.108. The number of nitrogens with zero attached hydrogens (tertiary/aromatic N) is 4. The van der Waals surface area contributed by atoms with Gasteiger partial charge in [0.2, 0.25) is 0 Å². The second-order valence-electron chi connectivity index (χ2n) is 18.8. The molecule has 0 aromatic heterocycles. The van der Waals surface area contributed by atoms with E-state index in [1.807, 2.05) is 13.8 Å². The first-order valence-electron chi connectivity index (χ1n) is 23.9. The molecule has 2 aliphatic carbocycles. The molecule has 2 saturated carbocycles. The number of aryl methyl sites for hydroxylation is 2. The van der Waals surface area contributed by atoms with Crippen molar-refractivity contribution < 1.29 is 45.4 Å². The van der Waals surface area contributed by atoms with Crippen LogP contribution in [0.1, 0.15) is 126 Å². The maximum absolute atomic E-state index is 12.5. The van der Waals surface area contributed by atoms with Crippen molar-refractivity contribution in [1.29, 1.82) is 0 Å². The van der Waals surface area contributed by atoms with Crippen LogP contribution in [0.2, 0.25) is 0 Å². The summed E-state index contributed by atoms with van der Waals surface area (Å²) in [5.41, 5.74) is 5.76. The predicted molar refractivity (Wildman–Crippen MR) is 257 cm³/mol. The molecule has 2 aromatic carbocycles. The van der Waals surface area contributed by atoms with Gasteiger partial charge in [-0.1, -0.05) is 62.4 Å². The van der Waals surface area contributed by atoms with Crippen LogP contribution >= 0.6 is 0 Å². The SMILES string of the molecule is CCc1ccccc1C1CCC(OC[C@H]2[C@@H](NS(=O)(=O)N(C)C)C[C@@H](C)N2C(=O)OC)CC1.CCc1ccccc1C1CCC(OC[C@H]2[C@@H](NS(=O)(=O)N(C)C)C[C@@H](C)N2C(=O)OC)CC1. The van der Waals surface area contributed by atoms with Crippen molar-refractivity contribution in [3.63, 3.8) is 0 Å². The molecule has 2 aromatic rings. The van der Waals surface area contributed by atoms with E-state index in [-0.39, 0.29) is 37.5 Å². The van der Waals surface area contributed by atoms with Crippen LogP contribution in [0.25, 0.3) is 0 Å². The molecule has 18 heteroatoms. The number of hydrogen-bond donors (Lipinski definition) is 2. The van der Waals surface area contributed by atoms with Crippen molar-refractivity contribution in [1.82, 2.24) is 27.9 Å². The van der Waals surface area contributed by atoms with Crippen LogP contribution in [-0.4, -0.2) is 152 Å². The molecule has 16 nitrogen and oxygen atoms in total. The van der Waals surface area contributed by atoms with Gasteiger partial charge in [-0.05, 0) is 125 Å². The first kappa shape index (κ1) is 53.6. The third-order valence-corrected chi connectivity index (χ3v) is 17.3. The lowest BCUT2D eigenvalue weighted by Crippen LogP contribution is -2.52. The minimum Gasteiger partial charge on any atom is -0.453 e. The summed E-state index contributed by atoms with van der Waals surface area (Å²) < 4.78 is 80.1. The Morgan fingerprint density at radius 1 is 0.591 bits per heavy atom. The largest absolute Gasteiger partial charge is 0.453 e. The van der Waals surface area contributed by atoms with Gasteiger partial charge in [0, 0.05) is 52.4 Å². The fraction of sp³-hybridized carbons (Fsp3) is 0.708. The van der Waals surface area contributed by atoms with E-state index in [9.17, 15) is 26.4 Å². The summed E-state index contributed by atoms with van der Waals surface area (Å²) in [6.07, 6.45) is 10.5. The normalized spacial score (nSPS) is 28.3. The molecular formula is C48H78N6O10S2. The van der Waals surface area contributed by atoms with Crippen LogP contribution in [0, 0.1) is 0 Å².